The minimum absolute atomic E-state index is 0.278. The van der Waals surface area contributed by atoms with E-state index < -0.39 is 17.9 Å². The number of hydrogen-bond donors (Lipinski definition) is 3. The van der Waals surface area contributed by atoms with Gasteiger partial charge in [0.05, 0.1) is 0 Å². The molecular weight excluding hydrogens is 226 g/mol. The molecule has 0 aromatic heterocycles. The largest absolute Gasteiger partial charge is 0.481 e. The summed E-state index contributed by atoms with van der Waals surface area (Å²) in [7, 11) is 0. The van der Waals surface area contributed by atoms with Crippen molar-refractivity contribution in [3.05, 3.63) is 0 Å². The normalized spacial score (nSPS) is 11.0. The van der Waals surface area contributed by atoms with Gasteiger partial charge in [-0.3, -0.25) is 14.4 Å². The number of carbonyl (C=O) groups excluding carboxylic acids is 1. The number of nitrogens with two attached hydrogens (primary N) is 1. The van der Waals surface area contributed by atoms with Crippen LogP contribution in [0.4, 0.5) is 0 Å². The summed E-state index contributed by atoms with van der Waals surface area (Å²) in [6.45, 7) is 3.29. The van der Waals surface area contributed by atoms with E-state index in [4.69, 9.17) is 15.9 Å². The first-order valence-electron chi connectivity index (χ1n) is 5.48. The van der Waals surface area contributed by atoms with E-state index in [0.717, 1.165) is 19.3 Å². The summed E-state index contributed by atoms with van der Waals surface area (Å²) in [5, 5.41) is 16.3. The number of hydrogen-bond acceptors (Lipinski definition) is 4. The van der Waals surface area contributed by atoms with E-state index in [0.29, 0.717) is 6.54 Å². The van der Waals surface area contributed by atoms with Crippen LogP contribution in [0.25, 0.3) is 0 Å². The molecule has 0 bridgehead atoms. The molecule has 0 radical (unpaired) electrons. The molecule has 0 fully saturated rings. The molecule has 0 aliphatic rings. The molecule has 6 heteroatoms. The first kappa shape index (κ1) is 17.9. The number of ketones is 1. The Morgan fingerprint density at radius 2 is 1.65 bits per heavy atom. The van der Waals surface area contributed by atoms with Crippen molar-refractivity contribution in [2.24, 2.45) is 11.7 Å². The van der Waals surface area contributed by atoms with Gasteiger partial charge in [0.1, 0.15) is 11.7 Å². The maximum Gasteiger partial charge on any atom is 0.313 e. The lowest BCUT2D eigenvalue weighted by Gasteiger charge is -1.96. The highest BCUT2D eigenvalue weighted by Crippen LogP contribution is 1.97. The Balaban J connectivity index is 0. The smallest absolute Gasteiger partial charge is 0.313 e. The summed E-state index contributed by atoms with van der Waals surface area (Å²) >= 11 is 0. The highest BCUT2D eigenvalue weighted by Gasteiger charge is 2.14. The zero-order chi connectivity index (χ0) is 13.8. The van der Waals surface area contributed by atoms with Gasteiger partial charge >= 0.3 is 11.9 Å². The minimum atomic E-state index is -1.06. The van der Waals surface area contributed by atoms with Crippen molar-refractivity contribution in [3.63, 3.8) is 0 Å². The van der Waals surface area contributed by atoms with Crippen LogP contribution in [0.1, 0.15) is 39.5 Å². The molecule has 0 saturated heterocycles. The van der Waals surface area contributed by atoms with Crippen molar-refractivity contribution in [1.29, 1.82) is 0 Å². The minimum Gasteiger partial charge on any atom is -0.481 e. The number of unbranched alkanes of at least 4 members (excludes halogenated alkanes) is 2. The third kappa shape index (κ3) is 14.6. The number of rotatable bonds is 7. The Labute approximate surface area is 101 Å². The molecule has 0 heterocycles. The molecule has 0 spiro atoms. The van der Waals surface area contributed by atoms with E-state index in [1.807, 2.05) is 0 Å². The summed E-state index contributed by atoms with van der Waals surface area (Å²) in [6.07, 6.45) is 2.91. The van der Waals surface area contributed by atoms with E-state index in [9.17, 15) is 14.4 Å². The van der Waals surface area contributed by atoms with Crippen molar-refractivity contribution in [2.45, 2.75) is 39.5 Å². The first-order valence-corrected chi connectivity index (χ1v) is 5.48. The third-order valence-corrected chi connectivity index (χ3v) is 2.07. The average molecular weight is 247 g/mol. The lowest BCUT2D eigenvalue weighted by atomic mass is 10.1. The van der Waals surface area contributed by atoms with Crippen LogP contribution in [0.2, 0.25) is 0 Å². The molecule has 0 aliphatic carbocycles. The Kier molecular flexibility index (Phi) is 11.7. The number of Topliss-reactive ketones (excluding diaryl/α,β-unsaturated/α-hetero) is 1. The molecular formula is C11H21NO5. The van der Waals surface area contributed by atoms with Gasteiger partial charge in [0.15, 0.2) is 0 Å². The number of carboxylic acid groups (broad SMARTS) is 2. The molecule has 0 rings (SSSR count). The maximum absolute atomic E-state index is 10.2. The van der Waals surface area contributed by atoms with Gasteiger partial charge < -0.3 is 15.9 Å². The topological polar surface area (TPSA) is 118 Å². The van der Waals surface area contributed by atoms with Gasteiger partial charge in [-0.15, -0.1) is 0 Å². The summed E-state index contributed by atoms with van der Waals surface area (Å²) in [5.41, 5.74) is 5.20. The van der Waals surface area contributed by atoms with Crippen molar-refractivity contribution in [3.8, 4) is 0 Å². The zero-order valence-corrected chi connectivity index (χ0v) is 10.3. The molecule has 4 N–H and O–H groups in total. The standard InChI is InChI=1S/C6H13NO2.C5H8O3/c7-5-3-1-2-4-6(8)9;1-3(4(2)6)5(7)8/h1-5,7H2,(H,8,9);3H,1-2H3,(H,7,8). The van der Waals surface area contributed by atoms with Crippen LogP contribution in [0, 0.1) is 5.92 Å². The Morgan fingerprint density at radius 3 is 1.88 bits per heavy atom. The predicted octanol–water partition coefficient (Wildman–Crippen LogP) is 0.886. The molecule has 0 aromatic carbocycles. The maximum atomic E-state index is 10.2. The Hall–Kier alpha value is -1.43. The van der Waals surface area contributed by atoms with Crippen LogP contribution in [0.5, 0.6) is 0 Å². The third-order valence-electron chi connectivity index (χ3n) is 2.07. The van der Waals surface area contributed by atoms with Crippen LogP contribution in [-0.4, -0.2) is 34.5 Å². The van der Waals surface area contributed by atoms with Crippen LogP contribution in [-0.2, 0) is 14.4 Å². The fourth-order valence-corrected chi connectivity index (χ4v) is 0.771. The number of carbonyl (C=O) groups is 3. The second-order valence-corrected chi connectivity index (χ2v) is 3.66. The molecule has 0 aliphatic heterocycles. The SMILES string of the molecule is CC(=O)C(C)C(=O)O.NCCCCCC(=O)O. The summed E-state index contributed by atoms with van der Waals surface area (Å²) in [4.78, 5) is 30.1. The van der Waals surface area contributed by atoms with Crippen LogP contribution in [0.3, 0.4) is 0 Å². The Morgan fingerprint density at radius 1 is 1.12 bits per heavy atom. The fourth-order valence-electron chi connectivity index (χ4n) is 0.771. The van der Waals surface area contributed by atoms with Crippen LogP contribution < -0.4 is 5.73 Å². The zero-order valence-electron chi connectivity index (χ0n) is 10.3. The van der Waals surface area contributed by atoms with Gasteiger partial charge in [-0.1, -0.05) is 6.42 Å². The van der Waals surface area contributed by atoms with Gasteiger partial charge in [-0.25, -0.2) is 0 Å². The van der Waals surface area contributed by atoms with E-state index in [2.05, 4.69) is 0 Å². The van der Waals surface area contributed by atoms with Crippen molar-refractivity contribution in [1.82, 2.24) is 0 Å². The van der Waals surface area contributed by atoms with E-state index >= 15 is 0 Å². The van der Waals surface area contributed by atoms with Crippen molar-refractivity contribution < 1.29 is 24.6 Å². The van der Waals surface area contributed by atoms with E-state index in [-0.39, 0.29) is 12.2 Å². The lowest BCUT2D eigenvalue weighted by molar-refractivity contribution is -0.145. The highest BCUT2D eigenvalue weighted by atomic mass is 16.4. The molecule has 100 valence electrons. The van der Waals surface area contributed by atoms with Gasteiger partial charge in [-0.2, -0.15) is 0 Å². The van der Waals surface area contributed by atoms with Crippen LogP contribution >= 0.6 is 0 Å². The lowest BCUT2D eigenvalue weighted by Crippen LogP contribution is -2.16. The van der Waals surface area contributed by atoms with Gasteiger partial charge in [0.25, 0.3) is 0 Å². The van der Waals surface area contributed by atoms with Crippen molar-refractivity contribution >= 4 is 17.7 Å². The Bertz CT molecular complexity index is 238. The first-order chi connectivity index (χ1) is 7.82. The summed E-state index contributed by atoms with van der Waals surface area (Å²) < 4.78 is 0. The molecule has 17 heavy (non-hydrogen) atoms. The average Bonchev–Trinajstić information content (AvgIpc) is 2.23. The van der Waals surface area contributed by atoms with Gasteiger partial charge in [-0.05, 0) is 33.2 Å². The number of carboxylic acids is 2. The van der Waals surface area contributed by atoms with Gasteiger partial charge in [0, 0.05) is 6.42 Å². The summed E-state index contributed by atoms with van der Waals surface area (Å²) in [5.74, 6) is -2.93. The molecule has 0 aromatic rings. The predicted molar refractivity (Wildman–Crippen MR) is 62.6 cm³/mol. The van der Waals surface area contributed by atoms with Crippen molar-refractivity contribution in [2.75, 3.05) is 6.54 Å². The molecule has 0 saturated carbocycles. The number of aliphatic carboxylic acids is 2. The second kappa shape index (κ2) is 11.1. The fraction of sp³-hybridized carbons (Fsp3) is 0.727. The molecule has 1 atom stereocenters. The monoisotopic (exact) mass is 247 g/mol. The molecule has 1 unspecified atom stereocenters. The van der Waals surface area contributed by atoms with Crippen LogP contribution in [0.15, 0.2) is 0 Å². The highest BCUT2D eigenvalue weighted by molar-refractivity contribution is 5.96. The van der Waals surface area contributed by atoms with Gasteiger partial charge in [0.2, 0.25) is 0 Å². The van der Waals surface area contributed by atoms with E-state index in [1.54, 1.807) is 0 Å². The summed E-state index contributed by atoms with van der Waals surface area (Å²) in [6, 6.07) is 0. The second-order valence-electron chi connectivity index (χ2n) is 3.66. The molecule has 6 nitrogen and oxygen atoms in total. The molecule has 0 amide bonds. The quantitative estimate of drug-likeness (QED) is 0.454. The van der Waals surface area contributed by atoms with E-state index in [1.165, 1.54) is 13.8 Å².